The Balaban J connectivity index is 1.75. The van der Waals surface area contributed by atoms with E-state index in [1.54, 1.807) is 25.3 Å². The summed E-state index contributed by atoms with van der Waals surface area (Å²) >= 11 is 1.18. The predicted molar refractivity (Wildman–Crippen MR) is 123 cm³/mol. The van der Waals surface area contributed by atoms with Crippen LogP contribution >= 0.6 is 11.3 Å². The third-order valence-corrected chi connectivity index (χ3v) is 5.51. The summed E-state index contributed by atoms with van der Waals surface area (Å²) < 4.78 is 16.8. The van der Waals surface area contributed by atoms with E-state index < -0.39 is 0 Å². The van der Waals surface area contributed by atoms with Crippen molar-refractivity contribution < 1.29 is 19.0 Å². The molecule has 1 aliphatic heterocycles. The van der Waals surface area contributed by atoms with E-state index in [0.717, 1.165) is 31.4 Å². The number of aromatic nitrogens is 2. The minimum Gasteiger partial charge on any atom is -0.496 e. The van der Waals surface area contributed by atoms with Crippen LogP contribution in [0.15, 0.2) is 54.6 Å². The van der Waals surface area contributed by atoms with Crippen molar-refractivity contribution in [3.63, 3.8) is 0 Å². The molecule has 1 unspecified atom stereocenters. The third kappa shape index (κ3) is 6.02. The first-order chi connectivity index (χ1) is 15.2. The molecule has 8 heteroatoms. The van der Waals surface area contributed by atoms with Gasteiger partial charge in [0.25, 0.3) is 11.1 Å². The molecule has 1 atom stereocenters. The molecule has 1 aromatic heterocycles. The van der Waals surface area contributed by atoms with Gasteiger partial charge in [0, 0.05) is 17.7 Å². The van der Waals surface area contributed by atoms with Crippen molar-refractivity contribution in [1.29, 1.82) is 0 Å². The number of nitrogens with one attached hydrogen (secondary N) is 1. The van der Waals surface area contributed by atoms with Crippen LogP contribution in [0.4, 0.5) is 5.13 Å². The highest BCUT2D eigenvalue weighted by Crippen LogP contribution is 2.31. The molecule has 31 heavy (non-hydrogen) atoms. The van der Waals surface area contributed by atoms with E-state index in [4.69, 9.17) is 14.2 Å². The third-order valence-electron chi connectivity index (χ3n) is 4.76. The van der Waals surface area contributed by atoms with Crippen LogP contribution in [0.2, 0.25) is 0 Å². The summed E-state index contributed by atoms with van der Waals surface area (Å²) in [5, 5.41) is 11.6. The number of carbonyl (C=O) groups is 1. The number of para-hydroxylation sites is 1. The molecule has 2 aromatic rings. The largest absolute Gasteiger partial charge is 0.496 e. The van der Waals surface area contributed by atoms with Gasteiger partial charge in [0.2, 0.25) is 5.13 Å². The Morgan fingerprint density at radius 1 is 1.35 bits per heavy atom. The maximum absolute atomic E-state index is 13.1. The normalized spacial score (nSPS) is 17.2. The Hall–Kier alpha value is -2.97. The summed E-state index contributed by atoms with van der Waals surface area (Å²) in [4.78, 5) is 13.1. The first-order valence-electron chi connectivity index (χ1n) is 10.2. The van der Waals surface area contributed by atoms with Gasteiger partial charge in [-0.15, -0.1) is 5.10 Å². The van der Waals surface area contributed by atoms with Crippen LogP contribution in [0.3, 0.4) is 0 Å². The van der Waals surface area contributed by atoms with E-state index in [-0.39, 0.29) is 12.0 Å². The summed E-state index contributed by atoms with van der Waals surface area (Å²) in [5.41, 5.74) is 1.87. The number of anilines is 1. The number of carbonyl (C=O) groups excluding carboxylic acids is 1. The molecule has 7 nitrogen and oxygen atoms in total. The Bertz CT molecular complexity index is 961. The van der Waals surface area contributed by atoms with Crippen molar-refractivity contribution in [2.45, 2.75) is 32.3 Å². The molecule has 1 saturated heterocycles. The minimum absolute atomic E-state index is 0.0796. The number of rotatable bonds is 9. The van der Waals surface area contributed by atoms with Gasteiger partial charge in [-0.3, -0.25) is 10.1 Å². The molecule has 1 N–H and O–H groups in total. The molecule has 1 fully saturated rings. The fourth-order valence-corrected chi connectivity index (χ4v) is 3.87. The van der Waals surface area contributed by atoms with E-state index >= 15 is 0 Å². The average Bonchev–Trinajstić information content (AvgIpc) is 3.25. The summed E-state index contributed by atoms with van der Waals surface area (Å²) in [6, 6.07) is 7.49. The highest BCUT2D eigenvalue weighted by molar-refractivity contribution is 7.17. The van der Waals surface area contributed by atoms with Gasteiger partial charge in [-0.05, 0) is 49.2 Å². The molecular weight excluding hydrogens is 414 g/mol. The van der Waals surface area contributed by atoms with Crippen LogP contribution in [0, 0.1) is 0 Å². The second-order valence-corrected chi connectivity index (χ2v) is 7.80. The number of nitrogens with zero attached hydrogens (tertiary/aromatic N) is 2. The molecule has 0 radical (unpaired) electrons. The number of ether oxygens (including phenoxy) is 3. The molecule has 3 rings (SSSR count). The van der Waals surface area contributed by atoms with Gasteiger partial charge >= 0.3 is 0 Å². The Morgan fingerprint density at radius 2 is 2.19 bits per heavy atom. The zero-order valence-electron chi connectivity index (χ0n) is 17.8. The maximum Gasteiger partial charge on any atom is 0.295 e. The molecule has 0 aliphatic carbocycles. The standard InChI is InChI=1S/C23H27N3O4S/c1-4-10-19(17(5-2)18-12-6-7-13-20(18)28-3)21(27)24-22-25-26-23(31-22)30-15-16-11-8-9-14-29-16/h4-7,10,12-13,16H,2,8-9,11,14-15H2,1,3H3,(H,24,25,27)/b10-4-,19-17-. The summed E-state index contributed by atoms with van der Waals surface area (Å²) in [7, 11) is 1.59. The SMILES string of the molecule is C=C/C(=C(\C=C/C)C(=O)Nc1nnc(OCC2CCCCO2)s1)c1ccccc1OC. The van der Waals surface area contributed by atoms with Gasteiger partial charge in [0.05, 0.1) is 13.2 Å². The monoisotopic (exact) mass is 441 g/mol. The van der Waals surface area contributed by atoms with E-state index in [1.807, 2.05) is 31.2 Å². The quantitative estimate of drug-likeness (QED) is 0.451. The second kappa shape index (κ2) is 11.4. The molecule has 1 amide bonds. The molecule has 0 bridgehead atoms. The summed E-state index contributed by atoms with van der Waals surface area (Å²) in [6.45, 7) is 6.94. The van der Waals surface area contributed by atoms with Crippen LogP contribution < -0.4 is 14.8 Å². The summed E-state index contributed by atoms with van der Waals surface area (Å²) in [5.74, 6) is 0.334. The minimum atomic E-state index is -0.322. The predicted octanol–water partition coefficient (Wildman–Crippen LogP) is 4.65. The lowest BCUT2D eigenvalue weighted by Gasteiger charge is -2.21. The number of methoxy groups -OCH3 is 1. The zero-order valence-corrected chi connectivity index (χ0v) is 18.6. The van der Waals surface area contributed by atoms with Crippen molar-refractivity contribution in [2.75, 3.05) is 25.6 Å². The second-order valence-electron chi connectivity index (χ2n) is 6.86. The first kappa shape index (κ1) is 22.7. The van der Waals surface area contributed by atoms with Crippen LogP contribution in [0.5, 0.6) is 10.9 Å². The van der Waals surface area contributed by atoms with Crippen LogP contribution in [-0.2, 0) is 9.53 Å². The van der Waals surface area contributed by atoms with Crippen molar-refractivity contribution >= 4 is 27.9 Å². The average molecular weight is 442 g/mol. The number of amides is 1. The lowest BCUT2D eigenvalue weighted by Crippen LogP contribution is -2.25. The van der Waals surface area contributed by atoms with Crippen LogP contribution in [-0.4, -0.2) is 42.5 Å². The lowest BCUT2D eigenvalue weighted by atomic mass is 9.98. The smallest absolute Gasteiger partial charge is 0.295 e. The van der Waals surface area contributed by atoms with Gasteiger partial charge in [0.1, 0.15) is 12.4 Å². The number of hydrogen-bond donors (Lipinski definition) is 1. The van der Waals surface area contributed by atoms with Gasteiger partial charge in [-0.2, -0.15) is 0 Å². The van der Waals surface area contributed by atoms with Gasteiger partial charge < -0.3 is 14.2 Å². The van der Waals surface area contributed by atoms with Crippen molar-refractivity contribution in [3.8, 4) is 10.9 Å². The van der Waals surface area contributed by atoms with Crippen molar-refractivity contribution in [3.05, 3.63) is 60.2 Å². The Labute approximate surface area is 186 Å². The number of allylic oxidation sites excluding steroid dienone is 3. The molecule has 0 saturated carbocycles. The van der Waals surface area contributed by atoms with Gasteiger partial charge in [-0.1, -0.05) is 48.1 Å². The highest BCUT2D eigenvalue weighted by atomic mass is 32.1. The molecular formula is C23H27N3O4S. The van der Waals surface area contributed by atoms with E-state index in [2.05, 4.69) is 22.1 Å². The lowest BCUT2D eigenvalue weighted by molar-refractivity contribution is -0.112. The van der Waals surface area contributed by atoms with E-state index in [0.29, 0.717) is 33.8 Å². The highest BCUT2D eigenvalue weighted by Gasteiger charge is 2.19. The molecule has 1 aliphatic rings. The molecule has 2 heterocycles. The van der Waals surface area contributed by atoms with Crippen LogP contribution in [0.25, 0.3) is 5.57 Å². The maximum atomic E-state index is 13.1. The fourth-order valence-electron chi connectivity index (χ4n) is 3.27. The number of benzene rings is 1. The van der Waals surface area contributed by atoms with Crippen LogP contribution in [0.1, 0.15) is 31.7 Å². The number of hydrogen-bond acceptors (Lipinski definition) is 7. The van der Waals surface area contributed by atoms with E-state index in [9.17, 15) is 4.79 Å². The van der Waals surface area contributed by atoms with Crippen molar-refractivity contribution in [1.82, 2.24) is 10.2 Å². The Morgan fingerprint density at radius 3 is 2.90 bits per heavy atom. The molecule has 164 valence electrons. The topological polar surface area (TPSA) is 82.6 Å². The zero-order chi connectivity index (χ0) is 22.1. The first-order valence-corrected chi connectivity index (χ1v) is 11.0. The Kier molecular flexibility index (Phi) is 8.37. The van der Waals surface area contributed by atoms with Crippen molar-refractivity contribution in [2.24, 2.45) is 0 Å². The summed E-state index contributed by atoms with van der Waals surface area (Å²) in [6.07, 6.45) is 8.47. The van der Waals surface area contributed by atoms with E-state index in [1.165, 1.54) is 11.3 Å². The molecule has 1 aromatic carbocycles. The molecule has 0 spiro atoms. The fraction of sp³-hybridized carbons (Fsp3) is 0.348. The van der Waals surface area contributed by atoms with Gasteiger partial charge in [0.15, 0.2) is 0 Å². The van der Waals surface area contributed by atoms with Gasteiger partial charge in [-0.25, -0.2) is 0 Å².